The lowest BCUT2D eigenvalue weighted by molar-refractivity contribution is -0.522. The molecule has 1 aromatic carbocycles. The Labute approximate surface area is 241 Å². The Morgan fingerprint density at radius 1 is 0.902 bits per heavy atom. The van der Waals surface area contributed by atoms with Gasteiger partial charge in [-0.2, -0.15) is 16.8 Å². The van der Waals surface area contributed by atoms with Gasteiger partial charge in [0, 0.05) is 59.6 Å². The summed E-state index contributed by atoms with van der Waals surface area (Å²) < 4.78 is 75.4. The van der Waals surface area contributed by atoms with E-state index in [9.17, 15) is 21.6 Å². The smallest absolute Gasteiger partial charge is 0.265 e. The molecule has 3 rings (SSSR count). The van der Waals surface area contributed by atoms with Crippen LogP contribution in [0.2, 0.25) is 0 Å². The van der Waals surface area contributed by atoms with E-state index in [-0.39, 0.29) is 30.1 Å². The number of ether oxygens (including phenoxy) is 2. The number of ketones is 1. The van der Waals surface area contributed by atoms with Crippen LogP contribution in [0.1, 0.15) is 32.3 Å². The van der Waals surface area contributed by atoms with Gasteiger partial charge in [0.25, 0.3) is 20.2 Å². The number of benzene rings is 1. The minimum absolute atomic E-state index is 0.164. The van der Waals surface area contributed by atoms with Gasteiger partial charge < -0.3 is 14.4 Å². The van der Waals surface area contributed by atoms with Crippen molar-refractivity contribution in [3.8, 4) is 5.75 Å². The number of anilines is 1. The average molecular weight is 610 g/mol. The van der Waals surface area contributed by atoms with Gasteiger partial charge in [-0.25, -0.2) is 4.58 Å². The zero-order chi connectivity index (χ0) is 30.4. The summed E-state index contributed by atoms with van der Waals surface area (Å²) in [6.07, 6.45) is 7.75. The topological polar surface area (TPSA) is 151 Å². The predicted octanol–water partition coefficient (Wildman–Crippen LogP) is 2.91. The molecule has 41 heavy (non-hydrogen) atoms. The van der Waals surface area contributed by atoms with Crippen molar-refractivity contribution in [2.75, 3.05) is 56.8 Å². The minimum Gasteiger partial charge on any atom is -0.496 e. The van der Waals surface area contributed by atoms with E-state index in [1.54, 1.807) is 30.4 Å². The average Bonchev–Trinajstić information content (AvgIpc) is 2.92. The summed E-state index contributed by atoms with van der Waals surface area (Å²) in [5, 5.41) is 0. The Kier molecular flexibility index (Phi) is 10.7. The van der Waals surface area contributed by atoms with Crippen molar-refractivity contribution in [1.82, 2.24) is 0 Å². The van der Waals surface area contributed by atoms with Crippen molar-refractivity contribution in [3.63, 3.8) is 0 Å². The molecule has 0 saturated heterocycles. The maximum Gasteiger partial charge on any atom is 0.265 e. The SMILES string of the molecule is CCN(CCCS(=O)(=O)O)c1ccc(C2=CC(=C3C=CC(=[N+](CC)CCCS(=O)(=O)O)C=C3OC)C2=O)c(OC)c1. The van der Waals surface area contributed by atoms with Crippen LogP contribution in [0.25, 0.3) is 5.57 Å². The maximum absolute atomic E-state index is 13.3. The highest BCUT2D eigenvalue weighted by molar-refractivity contribution is 7.86. The third kappa shape index (κ3) is 8.38. The maximum atomic E-state index is 13.3. The summed E-state index contributed by atoms with van der Waals surface area (Å²) >= 11 is 0. The Morgan fingerprint density at radius 3 is 2.15 bits per heavy atom. The third-order valence-corrected chi connectivity index (χ3v) is 8.49. The van der Waals surface area contributed by atoms with Crippen LogP contribution >= 0.6 is 0 Å². The quantitative estimate of drug-likeness (QED) is 0.183. The van der Waals surface area contributed by atoms with Crippen LogP contribution < -0.4 is 9.64 Å². The van der Waals surface area contributed by atoms with Crippen LogP contribution in [0.4, 0.5) is 5.69 Å². The van der Waals surface area contributed by atoms with Crippen LogP contribution in [0.15, 0.2) is 59.4 Å². The minimum atomic E-state index is -4.03. The molecule has 0 spiro atoms. The molecule has 11 nitrogen and oxygen atoms in total. The van der Waals surface area contributed by atoms with E-state index in [1.165, 1.54) is 14.2 Å². The first kappa shape index (κ1) is 32.3. The molecule has 0 unspecified atom stereocenters. The summed E-state index contributed by atoms with van der Waals surface area (Å²) in [4.78, 5) is 15.3. The van der Waals surface area contributed by atoms with Crippen LogP contribution in [-0.4, -0.2) is 93.9 Å². The van der Waals surface area contributed by atoms with Gasteiger partial charge in [-0.15, -0.1) is 0 Å². The molecule has 0 amide bonds. The van der Waals surface area contributed by atoms with Crippen LogP contribution in [0, 0.1) is 0 Å². The molecular formula is C28H37N2O9S2+. The van der Waals surface area contributed by atoms with Gasteiger partial charge in [0.2, 0.25) is 5.71 Å². The Morgan fingerprint density at radius 2 is 1.59 bits per heavy atom. The fraction of sp³-hybridized carbons (Fsp3) is 0.429. The molecule has 0 radical (unpaired) electrons. The first-order chi connectivity index (χ1) is 19.3. The molecule has 2 N–H and O–H groups in total. The number of Topliss-reactive ketones (excluding diaryl/α,β-unsaturated/α-hetero) is 1. The fourth-order valence-corrected chi connectivity index (χ4v) is 5.74. The largest absolute Gasteiger partial charge is 0.496 e. The summed E-state index contributed by atoms with van der Waals surface area (Å²) in [7, 11) is -5.03. The van der Waals surface area contributed by atoms with Crippen molar-refractivity contribution in [2.45, 2.75) is 26.7 Å². The number of nitrogens with zero attached hydrogens (tertiary/aromatic N) is 2. The normalized spacial score (nSPS) is 18.4. The Bertz CT molecular complexity index is 1550. The first-order valence-electron chi connectivity index (χ1n) is 13.2. The summed E-state index contributed by atoms with van der Waals surface area (Å²) in [5.41, 5.74) is 3.84. The second-order valence-electron chi connectivity index (χ2n) is 9.51. The second-order valence-corrected chi connectivity index (χ2v) is 12.7. The van der Waals surface area contributed by atoms with Crippen molar-refractivity contribution in [1.29, 1.82) is 0 Å². The molecule has 0 aliphatic heterocycles. The van der Waals surface area contributed by atoms with E-state index < -0.39 is 20.2 Å². The third-order valence-electron chi connectivity index (χ3n) is 6.88. The van der Waals surface area contributed by atoms with E-state index in [0.29, 0.717) is 60.0 Å². The van der Waals surface area contributed by atoms with Crippen LogP contribution in [0.3, 0.4) is 0 Å². The summed E-state index contributed by atoms with van der Waals surface area (Å²) in [5.74, 6) is 0.185. The van der Waals surface area contributed by atoms with E-state index in [1.807, 2.05) is 35.5 Å². The van der Waals surface area contributed by atoms with Gasteiger partial charge >= 0.3 is 0 Å². The molecule has 224 valence electrons. The van der Waals surface area contributed by atoms with E-state index in [2.05, 4.69) is 0 Å². The zero-order valence-corrected chi connectivity index (χ0v) is 25.3. The van der Waals surface area contributed by atoms with Crippen molar-refractivity contribution < 1.29 is 44.8 Å². The highest BCUT2D eigenvalue weighted by Gasteiger charge is 2.32. The lowest BCUT2D eigenvalue weighted by Gasteiger charge is -2.26. The molecule has 0 atom stereocenters. The number of rotatable bonds is 14. The molecule has 0 saturated carbocycles. The Hall–Kier alpha value is -3.26. The number of hydrogen-bond acceptors (Lipinski definition) is 8. The molecular weight excluding hydrogens is 572 g/mol. The van der Waals surface area contributed by atoms with E-state index in [4.69, 9.17) is 18.6 Å². The molecule has 1 aromatic rings. The lowest BCUT2D eigenvalue weighted by Crippen LogP contribution is -2.26. The molecule has 0 aromatic heterocycles. The fourth-order valence-electron chi connectivity index (χ4n) is 4.76. The highest BCUT2D eigenvalue weighted by atomic mass is 32.2. The summed E-state index contributed by atoms with van der Waals surface area (Å²) in [6.45, 7) is 5.93. The molecule has 0 fully saturated rings. The van der Waals surface area contributed by atoms with Gasteiger partial charge in [0.1, 0.15) is 24.6 Å². The predicted molar refractivity (Wildman–Crippen MR) is 158 cm³/mol. The number of methoxy groups -OCH3 is 2. The van der Waals surface area contributed by atoms with Gasteiger partial charge in [-0.05, 0) is 44.6 Å². The van der Waals surface area contributed by atoms with Gasteiger partial charge in [0.15, 0.2) is 5.78 Å². The molecule has 0 heterocycles. The summed E-state index contributed by atoms with van der Waals surface area (Å²) in [6, 6.07) is 5.44. The number of hydrogen-bond donors (Lipinski definition) is 2. The van der Waals surface area contributed by atoms with Crippen molar-refractivity contribution >= 4 is 43.0 Å². The molecule has 13 heteroatoms. The lowest BCUT2D eigenvalue weighted by atomic mass is 9.81. The number of carbonyl (C=O) groups is 1. The van der Waals surface area contributed by atoms with Crippen LogP contribution in [0.5, 0.6) is 5.75 Å². The van der Waals surface area contributed by atoms with E-state index >= 15 is 0 Å². The highest BCUT2D eigenvalue weighted by Crippen LogP contribution is 2.40. The Balaban J connectivity index is 1.86. The molecule has 2 aliphatic carbocycles. The van der Waals surface area contributed by atoms with Gasteiger partial charge in [-0.1, -0.05) is 0 Å². The standard InChI is InChI=1S/C28H36N2O9S2/c1-5-29(13-7-15-40(32,33)34)20-9-11-22(26(17-20)38-3)24-19-25(28(24)31)23-12-10-21(18-27(23)39-4)30(6-2)14-8-16-41(35,36)37/h9-12,17-19H,5-8,13-16H2,1-4H3,(H-,32,33,34,35,36,37)/p+1. The second kappa shape index (κ2) is 13.6. The van der Waals surface area contributed by atoms with Gasteiger partial charge in [0.05, 0.1) is 31.8 Å². The van der Waals surface area contributed by atoms with Gasteiger partial charge in [-0.3, -0.25) is 13.9 Å². The zero-order valence-electron chi connectivity index (χ0n) is 23.7. The molecule has 2 aliphatic rings. The number of allylic oxidation sites excluding steroid dienone is 6. The number of carbonyl (C=O) groups excluding carboxylic acids is 1. The van der Waals surface area contributed by atoms with Crippen LogP contribution in [-0.2, 0) is 29.8 Å². The van der Waals surface area contributed by atoms with E-state index in [0.717, 1.165) is 11.4 Å². The first-order valence-corrected chi connectivity index (χ1v) is 16.4. The molecule has 0 bridgehead atoms. The monoisotopic (exact) mass is 609 g/mol. The van der Waals surface area contributed by atoms with Crippen molar-refractivity contribution in [3.05, 3.63) is 65.0 Å². The van der Waals surface area contributed by atoms with Crippen molar-refractivity contribution in [2.24, 2.45) is 0 Å².